The van der Waals surface area contributed by atoms with Gasteiger partial charge in [0.25, 0.3) is 5.91 Å². The lowest BCUT2D eigenvalue weighted by molar-refractivity contribution is -0.133. The Kier molecular flexibility index (Phi) is 9.95. The molecule has 10 heteroatoms. The van der Waals surface area contributed by atoms with Crippen LogP contribution in [0.2, 0.25) is 5.02 Å². The Labute approximate surface area is 240 Å². The maximum atomic E-state index is 13.7. The average Bonchev–Trinajstić information content (AvgIpc) is 3.36. The monoisotopic (exact) mass is 563 g/mol. The highest BCUT2D eigenvalue weighted by molar-refractivity contribution is 6.30. The summed E-state index contributed by atoms with van der Waals surface area (Å²) in [5.74, 6) is -0.400. The molecule has 0 aliphatic carbocycles. The number of pyridine rings is 1. The van der Waals surface area contributed by atoms with Gasteiger partial charge in [0.1, 0.15) is 5.65 Å². The van der Waals surface area contributed by atoms with Crippen LogP contribution in [0, 0.1) is 0 Å². The number of carbonyl (C=O) groups excluding carboxylic acids is 2. The fourth-order valence-electron chi connectivity index (χ4n) is 4.74. The minimum Gasteiger partial charge on any atom is -0.367 e. The lowest BCUT2D eigenvalue weighted by Gasteiger charge is -2.38. The van der Waals surface area contributed by atoms with Crippen LogP contribution in [0.4, 0.5) is 11.4 Å². The Bertz CT molecular complexity index is 1370. The molecule has 1 atom stereocenters. The zero-order valence-electron chi connectivity index (χ0n) is 23.6. The maximum absolute atomic E-state index is 13.7. The van der Waals surface area contributed by atoms with Crippen LogP contribution < -0.4 is 15.5 Å². The molecule has 3 N–H and O–H groups in total. The number of rotatable bonds is 10. The topological polar surface area (TPSA) is 106 Å². The Balaban J connectivity index is 1.49. The van der Waals surface area contributed by atoms with Gasteiger partial charge in [-0.3, -0.25) is 14.6 Å². The summed E-state index contributed by atoms with van der Waals surface area (Å²) < 4.78 is 0. The third-order valence-corrected chi connectivity index (χ3v) is 7.20. The second-order valence-corrected chi connectivity index (χ2v) is 10.7. The first-order valence-corrected chi connectivity index (χ1v) is 14.1. The molecule has 1 saturated heterocycles. The first-order chi connectivity index (χ1) is 19.3. The lowest BCUT2D eigenvalue weighted by Crippen LogP contribution is -2.51. The van der Waals surface area contributed by atoms with Crippen molar-refractivity contribution in [3.8, 4) is 0 Å². The first-order valence-electron chi connectivity index (χ1n) is 13.8. The molecule has 0 bridgehead atoms. The molecule has 3 heterocycles. The largest absolute Gasteiger partial charge is 0.367 e. The summed E-state index contributed by atoms with van der Waals surface area (Å²) in [5, 5.41) is 7.93. The van der Waals surface area contributed by atoms with Crippen molar-refractivity contribution in [3.05, 3.63) is 65.1 Å². The highest BCUT2D eigenvalue weighted by Gasteiger charge is 2.29. The van der Waals surface area contributed by atoms with Gasteiger partial charge in [0.2, 0.25) is 5.91 Å². The van der Waals surface area contributed by atoms with Crippen molar-refractivity contribution in [2.45, 2.75) is 46.1 Å². The number of carbonyl (C=O) groups is 2. The van der Waals surface area contributed by atoms with Gasteiger partial charge in [0.15, 0.2) is 0 Å². The molecule has 0 spiro atoms. The molecule has 4 rings (SSSR count). The number of fused-ring (bicyclic) bond motifs is 1. The second kappa shape index (κ2) is 13.6. The van der Waals surface area contributed by atoms with E-state index in [-0.39, 0.29) is 23.8 Å². The van der Waals surface area contributed by atoms with Crippen LogP contribution in [-0.4, -0.2) is 71.7 Å². The normalized spacial score (nSPS) is 15.3. The quantitative estimate of drug-likeness (QED) is 0.238. The van der Waals surface area contributed by atoms with Crippen LogP contribution in [0.25, 0.3) is 11.0 Å². The second-order valence-electron chi connectivity index (χ2n) is 10.2. The highest BCUT2D eigenvalue weighted by Crippen LogP contribution is 2.33. The fourth-order valence-corrected chi connectivity index (χ4v) is 4.86. The number of aliphatic imine (C=N–C) groups is 1. The number of nitrogens with one attached hydrogen (secondary N) is 3. The molecule has 9 nitrogen and oxygen atoms in total. The summed E-state index contributed by atoms with van der Waals surface area (Å²) in [7, 11) is 0. The van der Waals surface area contributed by atoms with E-state index in [0.717, 1.165) is 23.1 Å². The van der Waals surface area contributed by atoms with Gasteiger partial charge in [0, 0.05) is 74.2 Å². The Morgan fingerprint density at radius 2 is 1.88 bits per heavy atom. The van der Waals surface area contributed by atoms with Gasteiger partial charge in [-0.2, -0.15) is 0 Å². The molecule has 2 aromatic heterocycles. The van der Waals surface area contributed by atoms with Crippen molar-refractivity contribution >= 4 is 52.0 Å². The van der Waals surface area contributed by atoms with Gasteiger partial charge in [-0.1, -0.05) is 44.5 Å². The number of anilines is 2. The smallest absolute Gasteiger partial charge is 0.252 e. The summed E-state index contributed by atoms with van der Waals surface area (Å²) in [5.41, 5.74) is 3.79. The molecule has 212 valence electrons. The van der Waals surface area contributed by atoms with E-state index in [4.69, 9.17) is 11.6 Å². The van der Waals surface area contributed by atoms with Crippen molar-refractivity contribution in [2.75, 3.05) is 42.9 Å². The van der Waals surface area contributed by atoms with Crippen molar-refractivity contribution in [2.24, 2.45) is 4.99 Å². The predicted octanol–water partition coefficient (Wildman–Crippen LogP) is 4.97. The van der Waals surface area contributed by atoms with Crippen LogP contribution in [0.3, 0.4) is 0 Å². The van der Waals surface area contributed by atoms with Crippen molar-refractivity contribution in [3.63, 3.8) is 0 Å². The van der Waals surface area contributed by atoms with E-state index < -0.39 is 0 Å². The summed E-state index contributed by atoms with van der Waals surface area (Å²) in [6.07, 6.45) is 7.65. The summed E-state index contributed by atoms with van der Waals surface area (Å²) >= 11 is 6.11. The zero-order chi connectivity index (χ0) is 28.6. The molecule has 2 amide bonds. The van der Waals surface area contributed by atoms with E-state index in [1.165, 1.54) is 0 Å². The molecule has 1 aliphatic heterocycles. The van der Waals surface area contributed by atoms with E-state index >= 15 is 0 Å². The molecule has 0 radical (unpaired) electrons. The molecule has 1 aromatic carbocycles. The van der Waals surface area contributed by atoms with Crippen LogP contribution in [0.15, 0.2) is 59.5 Å². The molecular formula is C30H38ClN7O2. The minimum absolute atomic E-state index is 0.109. The number of amides is 2. The summed E-state index contributed by atoms with van der Waals surface area (Å²) in [6, 6.07) is 9.77. The Morgan fingerprint density at radius 3 is 2.55 bits per heavy atom. The van der Waals surface area contributed by atoms with Crippen molar-refractivity contribution < 1.29 is 9.59 Å². The zero-order valence-corrected chi connectivity index (χ0v) is 24.3. The van der Waals surface area contributed by atoms with E-state index in [1.54, 1.807) is 31.7 Å². The third kappa shape index (κ3) is 7.08. The molecule has 1 aliphatic rings. The predicted molar refractivity (Wildman–Crippen MR) is 163 cm³/mol. The van der Waals surface area contributed by atoms with Crippen LogP contribution in [0.5, 0.6) is 0 Å². The molecule has 40 heavy (non-hydrogen) atoms. The fraction of sp³-hybridized carbons (Fsp3) is 0.400. The molecule has 1 fully saturated rings. The number of halogens is 1. The van der Waals surface area contributed by atoms with Crippen LogP contribution >= 0.6 is 11.6 Å². The Morgan fingerprint density at radius 1 is 1.15 bits per heavy atom. The Hall–Kier alpha value is -3.69. The average molecular weight is 564 g/mol. The van der Waals surface area contributed by atoms with Gasteiger partial charge >= 0.3 is 0 Å². The molecule has 3 aromatic rings. The molecule has 0 unspecified atom stereocenters. The number of hydrogen-bond acceptors (Lipinski definition) is 6. The number of benzene rings is 1. The van der Waals surface area contributed by atoms with Gasteiger partial charge in [0.05, 0.1) is 22.7 Å². The van der Waals surface area contributed by atoms with E-state index in [2.05, 4.69) is 44.3 Å². The number of aromatic amines is 1. The van der Waals surface area contributed by atoms with Crippen molar-refractivity contribution in [1.82, 2.24) is 20.2 Å². The SMILES string of the molecule is CC/C=N\C=C(/C)C(=O)Nc1c[nH]c2nccc(N3CCN(C(=O)[C@H](CNC(C)C)c4ccc(Cl)cc4)CC3)c12. The summed E-state index contributed by atoms with van der Waals surface area (Å²) in [4.78, 5) is 42.5. The van der Waals surface area contributed by atoms with E-state index in [0.29, 0.717) is 54.7 Å². The van der Waals surface area contributed by atoms with Crippen molar-refractivity contribution in [1.29, 1.82) is 0 Å². The third-order valence-electron chi connectivity index (χ3n) is 6.95. The number of hydrogen-bond donors (Lipinski definition) is 3. The minimum atomic E-state index is -0.289. The number of aromatic nitrogens is 2. The molecular weight excluding hydrogens is 526 g/mol. The van der Waals surface area contributed by atoms with Crippen LogP contribution in [-0.2, 0) is 9.59 Å². The van der Waals surface area contributed by atoms with Gasteiger partial charge < -0.3 is 25.4 Å². The van der Waals surface area contributed by atoms with E-state index in [9.17, 15) is 9.59 Å². The lowest BCUT2D eigenvalue weighted by atomic mass is 9.96. The summed E-state index contributed by atoms with van der Waals surface area (Å²) in [6.45, 7) is 11.0. The standard InChI is InChI=1S/C30H38ClN7O2/c1-5-11-32-17-21(4)29(39)36-25-19-35-28-27(25)26(10-12-33-28)37-13-15-38(16-14-37)30(40)24(18-34-20(2)3)22-6-8-23(31)9-7-22/h6-12,17,19-20,24,34H,5,13-16,18H2,1-4H3,(H,33,35)(H,36,39)/b21-17+,32-11-/t24-/m1/s1. The van der Waals surface area contributed by atoms with Crippen LogP contribution in [0.1, 0.15) is 45.6 Å². The number of nitrogens with zero attached hydrogens (tertiary/aromatic N) is 4. The first kappa shape index (κ1) is 29.3. The highest BCUT2D eigenvalue weighted by atomic mass is 35.5. The van der Waals surface area contributed by atoms with E-state index in [1.807, 2.05) is 42.2 Å². The number of piperazine rings is 1. The van der Waals surface area contributed by atoms with Gasteiger partial charge in [-0.25, -0.2) is 4.98 Å². The van der Waals surface area contributed by atoms with Gasteiger partial charge in [-0.05, 0) is 37.1 Å². The molecule has 0 saturated carbocycles. The maximum Gasteiger partial charge on any atom is 0.252 e. The number of H-pyrrole nitrogens is 1. The van der Waals surface area contributed by atoms with Gasteiger partial charge in [-0.15, -0.1) is 0 Å².